The van der Waals surface area contributed by atoms with Gasteiger partial charge in [-0.25, -0.2) is 4.98 Å². The van der Waals surface area contributed by atoms with Gasteiger partial charge in [0, 0.05) is 11.0 Å². The van der Waals surface area contributed by atoms with Gasteiger partial charge >= 0.3 is 0 Å². The van der Waals surface area contributed by atoms with Crippen LogP contribution in [-0.2, 0) is 11.3 Å². The smallest absolute Gasteiger partial charge is 0.262 e. The number of amides is 1. The Labute approximate surface area is 170 Å². The number of nitrogens with zero attached hydrogens (tertiary/aromatic N) is 3. The summed E-state index contributed by atoms with van der Waals surface area (Å²) in [6.45, 7) is 2.54. The lowest BCUT2D eigenvalue weighted by Crippen LogP contribution is -2.45. The van der Waals surface area contributed by atoms with Crippen LogP contribution in [0, 0.1) is 11.3 Å². The number of nitrogens with one attached hydrogen (secondary N) is 1. The van der Waals surface area contributed by atoms with Crippen molar-refractivity contribution in [3.8, 4) is 6.07 Å². The van der Waals surface area contributed by atoms with Gasteiger partial charge in [0.15, 0.2) is 5.16 Å². The van der Waals surface area contributed by atoms with E-state index in [1.807, 2.05) is 13.0 Å². The molecule has 3 rings (SSSR count). The lowest BCUT2D eigenvalue weighted by Gasteiger charge is -2.22. The van der Waals surface area contributed by atoms with E-state index in [1.165, 1.54) is 11.8 Å². The minimum atomic E-state index is -0.732. The molecule has 0 saturated heterocycles. The predicted molar refractivity (Wildman–Crippen MR) is 110 cm³/mol. The zero-order valence-electron chi connectivity index (χ0n) is 15.1. The van der Waals surface area contributed by atoms with E-state index in [9.17, 15) is 14.9 Å². The Morgan fingerprint density at radius 1 is 1.44 bits per heavy atom. The van der Waals surface area contributed by atoms with Crippen LogP contribution in [0.4, 0.5) is 0 Å². The fourth-order valence-corrected chi connectivity index (χ4v) is 4.57. The molecule has 1 aromatic heterocycles. The highest BCUT2D eigenvalue weighted by Gasteiger charge is 2.35. The van der Waals surface area contributed by atoms with E-state index in [0.29, 0.717) is 35.4 Å². The molecule has 1 fully saturated rings. The van der Waals surface area contributed by atoms with Gasteiger partial charge in [-0.1, -0.05) is 34.6 Å². The van der Waals surface area contributed by atoms with Crippen molar-refractivity contribution in [2.75, 3.05) is 5.75 Å². The first kappa shape index (κ1) is 19.9. The van der Waals surface area contributed by atoms with Crippen LogP contribution in [0.15, 0.2) is 32.6 Å². The average Bonchev–Trinajstić information content (AvgIpc) is 3.12. The molecular weight excluding hydrogens is 428 g/mol. The zero-order chi connectivity index (χ0) is 19.4. The quantitative estimate of drug-likeness (QED) is 0.538. The van der Waals surface area contributed by atoms with E-state index in [2.05, 4.69) is 32.3 Å². The summed E-state index contributed by atoms with van der Waals surface area (Å²) < 4.78 is 2.46. The van der Waals surface area contributed by atoms with Gasteiger partial charge < -0.3 is 5.32 Å². The Balaban J connectivity index is 1.82. The molecule has 1 saturated carbocycles. The van der Waals surface area contributed by atoms with E-state index < -0.39 is 5.54 Å². The van der Waals surface area contributed by atoms with Gasteiger partial charge in [0.2, 0.25) is 5.91 Å². The molecule has 1 amide bonds. The SMILES string of the molecule is CCCn1c(SCC(=O)NC2(C#N)CCCC2)nc2ccc(Br)cc2c1=O. The summed E-state index contributed by atoms with van der Waals surface area (Å²) >= 11 is 4.63. The summed E-state index contributed by atoms with van der Waals surface area (Å²) in [5, 5.41) is 13.4. The molecule has 27 heavy (non-hydrogen) atoms. The molecule has 1 aromatic carbocycles. The Morgan fingerprint density at radius 2 is 2.19 bits per heavy atom. The zero-order valence-corrected chi connectivity index (χ0v) is 17.5. The van der Waals surface area contributed by atoms with Crippen LogP contribution >= 0.6 is 27.7 Å². The van der Waals surface area contributed by atoms with Crippen molar-refractivity contribution in [1.82, 2.24) is 14.9 Å². The number of aromatic nitrogens is 2. The molecule has 8 heteroatoms. The first-order valence-corrected chi connectivity index (χ1v) is 10.8. The van der Waals surface area contributed by atoms with Gasteiger partial charge in [0.1, 0.15) is 5.54 Å². The molecule has 6 nitrogen and oxygen atoms in total. The van der Waals surface area contributed by atoms with Gasteiger partial charge in [-0.2, -0.15) is 5.26 Å². The van der Waals surface area contributed by atoms with Crippen LogP contribution in [0.3, 0.4) is 0 Å². The molecule has 0 spiro atoms. The lowest BCUT2D eigenvalue weighted by molar-refractivity contribution is -0.119. The van der Waals surface area contributed by atoms with Crippen LogP contribution in [0.2, 0.25) is 0 Å². The molecular formula is C19H21BrN4O2S. The monoisotopic (exact) mass is 448 g/mol. The summed E-state index contributed by atoms with van der Waals surface area (Å²) in [6.07, 6.45) is 4.10. The van der Waals surface area contributed by atoms with Crippen LogP contribution < -0.4 is 10.9 Å². The van der Waals surface area contributed by atoms with Crippen molar-refractivity contribution in [2.24, 2.45) is 0 Å². The molecule has 1 aliphatic carbocycles. The molecule has 0 atom stereocenters. The highest BCUT2D eigenvalue weighted by Crippen LogP contribution is 2.29. The van der Waals surface area contributed by atoms with E-state index in [0.717, 1.165) is 23.7 Å². The van der Waals surface area contributed by atoms with Gasteiger partial charge in [-0.15, -0.1) is 0 Å². The highest BCUT2D eigenvalue weighted by molar-refractivity contribution is 9.10. The minimum absolute atomic E-state index is 0.102. The third-order valence-electron chi connectivity index (χ3n) is 4.71. The molecule has 1 heterocycles. The minimum Gasteiger partial charge on any atom is -0.337 e. The summed E-state index contributed by atoms with van der Waals surface area (Å²) in [5.74, 6) is -0.0709. The number of carbonyl (C=O) groups is 1. The molecule has 1 aliphatic rings. The lowest BCUT2D eigenvalue weighted by atomic mass is 10.0. The third kappa shape index (κ3) is 4.36. The molecule has 0 aliphatic heterocycles. The Morgan fingerprint density at radius 3 is 2.85 bits per heavy atom. The molecule has 142 valence electrons. The van der Waals surface area contributed by atoms with E-state index >= 15 is 0 Å². The maximum absolute atomic E-state index is 12.9. The molecule has 0 bridgehead atoms. The number of benzene rings is 1. The van der Waals surface area contributed by atoms with Crippen molar-refractivity contribution < 1.29 is 4.79 Å². The maximum atomic E-state index is 12.9. The van der Waals surface area contributed by atoms with Crippen LogP contribution in [0.1, 0.15) is 39.0 Å². The number of fused-ring (bicyclic) bond motifs is 1. The van der Waals surface area contributed by atoms with Gasteiger partial charge in [0.05, 0.1) is 22.7 Å². The number of hydrogen-bond donors (Lipinski definition) is 1. The highest BCUT2D eigenvalue weighted by atomic mass is 79.9. The fourth-order valence-electron chi connectivity index (χ4n) is 3.38. The van der Waals surface area contributed by atoms with Crippen molar-refractivity contribution in [3.63, 3.8) is 0 Å². The molecule has 2 aromatic rings. The molecule has 0 radical (unpaired) electrons. The fraction of sp³-hybridized carbons (Fsp3) is 0.474. The number of halogens is 1. The second-order valence-corrected chi connectivity index (χ2v) is 8.61. The molecule has 0 unspecified atom stereocenters. The second-order valence-electron chi connectivity index (χ2n) is 6.75. The number of carbonyl (C=O) groups excluding carboxylic acids is 1. The number of thioether (sulfide) groups is 1. The third-order valence-corrected chi connectivity index (χ3v) is 6.18. The summed E-state index contributed by atoms with van der Waals surface area (Å²) in [6, 6.07) is 7.67. The Hall–Kier alpha value is -1.85. The van der Waals surface area contributed by atoms with Gasteiger partial charge in [-0.05, 0) is 50.3 Å². The first-order chi connectivity index (χ1) is 13.0. The van der Waals surface area contributed by atoms with Crippen LogP contribution in [0.25, 0.3) is 10.9 Å². The van der Waals surface area contributed by atoms with Gasteiger partial charge in [-0.3, -0.25) is 14.2 Å². The standard InChI is InChI=1S/C19H21BrN4O2S/c1-2-9-24-17(26)14-10-13(20)5-6-15(14)22-18(24)27-11-16(25)23-19(12-21)7-3-4-8-19/h5-6,10H,2-4,7-9,11H2,1H3,(H,23,25). The number of rotatable bonds is 6. The average molecular weight is 449 g/mol. The largest absolute Gasteiger partial charge is 0.337 e. The molecule has 1 N–H and O–H groups in total. The van der Waals surface area contributed by atoms with E-state index in [1.54, 1.807) is 16.7 Å². The Kier molecular flexibility index (Phi) is 6.22. The van der Waals surface area contributed by atoms with Crippen LogP contribution in [-0.4, -0.2) is 26.8 Å². The van der Waals surface area contributed by atoms with Gasteiger partial charge in [0.25, 0.3) is 5.56 Å². The number of hydrogen-bond acceptors (Lipinski definition) is 5. The van der Waals surface area contributed by atoms with Crippen molar-refractivity contribution in [1.29, 1.82) is 5.26 Å². The predicted octanol–water partition coefficient (Wildman–Crippen LogP) is 3.61. The normalized spacial score (nSPS) is 15.6. The maximum Gasteiger partial charge on any atom is 0.262 e. The summed E-state index contributed by atoms with van der Waals surface area (Å²) in [7, 11) is 0. The van der Waals surface area contributed by atoms with Crippen LogP contribution in [0.5, 0.6) is 0 Å². The van der Waals surface area contributed by atoms with Crippen molar-refractivity contribution >= 4 is 44.5 Å². The summed E-state index contributed by atoms with van der Waals surface area (Å²) in [5.41, 5.74) is -0.220. The Bertz CT molecular complexity index is 961. The van der Waals surface area contributed by atoms with E-state index in [4.69, 9.17) is 0 Å². The van der Waals surface area contributed by atoms with E-state index in [-0.39, 0.29) is 17.2 Å². The number of nitriles is 1. The topological polar surface area (TPSA) is 87.8 Å². The second kappa shape index (κ2) is 8.44. The first-order valence-electron chi connectivity index (χ1n) is 9.03. The summed E-state index contributed by atoms with van der Waals surface area (Å²) in [4.78, 5) is 29.8. The van der Waals surface area contributed by atoms with Crippen molar-refractivity contribution in [2.45, 2.75) is 56.3 Å². The van der Waals surface area contributed by atoms with Crippen molar-refractivity contribution in [3.05, 3.63) is 33.0 Å².